The van der Waals surface area contributed by atoms with Crippen molar-refractivity contribution in [1.29, 1.82) is 0 Å². The molecule has 108 valence electrons. The van der Waals surface area contributed by atoms with E-state index in [1.807, 2.05) is 26.0 Å². The zero-order valence-corrected chi connectivity index (χ0v) is 12.4. The molecule has 1 amide bonds. The molecule has 20 heavy (non-hydrogen) atoms. The lowest BCUT2D eigenvalue weighted by Gasteiger charge is -2.07. The molecule has 0 saturated carbocycles. The Bertz CT molecular complexity index is 576. The smallest absolute Gasteiger partial charge is 0.270 e. The van der Waals surface area contributed by atoms with E-state index in [4.69, 9.17) is 4.42 Å². The molecule has 0 radical (unpaired) electrons. The standard InChI is InChI=1S/C14H18N2O3S/c1-3-10(17)6-7-15-13(18)11-8-20-14(16-11)12-5-4-9(2)19-12/h4-5,8,10,17H,3,6-7H2,1-2H3,(H,15,18). The van der Waals surface area contributed by atoms with Crippen molar-refractivity contribution in [3.8, 4) is 10.8 Å². The molecule has 0 aliphatic rings. The van der Waals surface area contributed by atoms with Gasteiger partial charge in [0, 0.05) is 11.9 Å². The SMILES string of the molecule is CCC(O)CCNC(=O)c1csc(-c2ccc(C)o2)n1. The fourth-order valence-electron chi connectivity index (χ4n) is 1.69. The number of aliphatic hydroxyl groups is 1. The topological polar surface area (TPSA) is 75.4 Å². The highest BCUT2D eigenvalue weighted by atomic mass is 32.1. The second kappa shape index (κ2) is 6.67. The van der Waals surface area contributed by atoms with E-state index in [-0.39, 0.29) is 12.0 Å². The molecular formula is C14H18N2O3S. The largest absolute Gasteiger partial charge is 0.459 e. The van der Waals surface area contributed by atoms with Gasteiger partial charge < -0.3 is 14.8 Å². The van der Waals surface area contributed by atoms with E-state index in [2.05, 4.69) is 10.3 Å². The summed E-state index contributed by atoms with van der Waals surface area (Å²) >= 11 is 1.37. The third kappa shape index (κ3) is 3.68. The number of nitrogens with zero attached hydrogens (tertiary/aromatic N) is 1. The lowest BCUT2D eigenvalue weighted by molar-refractivity contribution is 0.0938. The van der Waals surface area contributed by atoms with E-state index in [1.165, 1.54) is 11.3 Å². The summed E-state index contributed by atoms with van der Waals surface area (Å²) < 4.78 is 5.47. The first-order chi connectivity index (χ1) is 9.60. The summed E-state index contributed by atoms with van der Waals surface area (Å²) in [7, 11) is 0. The molecule has 0 saturated heterocycles. The van der Waals surface area contributed by atoms with Crippen molar-refractivity contribution < 1.29 is 14.3 Å². The molecule has 0 fully saturated rings. The minimum atomic E-state index is -0.368. The Hall–Kier alpha value is -1.66. The van der Waals surface area contributed by atoms with Gasteiger partial charge in [0.25, 0.3) is 5.91 Å². The summed E-state index contributed by atoms with van der Waals surface area (Å²) in [6, 6.07) is 3.70. The number of aryl methyl sites for hydroxylation is 1. The van der Waals surface area contributed by atoms with Gasteiger partial charge in [-0.05, 0) is 31.9 Å². The fourth-order valence-corrected chi connectivity index (χ4v) is 2.45. The van der Waals surface area contributed by atoms with Gasteiger partial charge in [0.2, 0.25) is 0 Å². The third-order valence-corrected chi connectivity index (χ3v) is 3.78. The quantitative estimate of drug-likeness (QED) is 0.858. The minimum absolute atomic E-state index is 0.223. The summed E-state index contributed by atoms with van der Waals surface area (Å²) in [6.07, 6.45) is 0.873. The molecule has 2 aromatic heterocycles. The maximum Gasteiger partial charge on any atom is 0.270 e. The number of amides is 1. The maximum absolute atomic E-state index is 11.9. The van der Waals surface area contributed by atoms with Gasteiger partial charge in [0.05, 0.1) is 6.10 Å². The van der Waals surface area contributed by atoms with Crippen LogP contribution >= 0.6 is 11.3 Å². The molecule has 2 rings (SSSR count). The summed E-state index contributed by atoms with van der Waals surface area (Å²) in [6.45, 7) is 4.22. The molecule has 1 unspecified atom stereocenters. The summed E-state index contributed by atoms with van der Waals surface area (Å²) in [5, 5.41) is 14.6. The number of rotatable bonds is 6. The number of thiazole rings is 1. The molecule has 6 heteroatoms. The fraction of sp³-hybridized carbons (Fsp3) is 0.429. The van der Waals surface area contributed by atoms with E-state index < -0.39 is 0 Å². The van der Waals surface area contributed by atoms with Crippen molar-refractivity contribution >= 4 is 17.2 Å². The van der Waals surface area contributed by atoms with Crippen molar-refractivity contribution in [2.75, 3.05) is 6.54 Å². The number of carbonyl (C=O) groups is 1. The maximum atomic E-state index is 11.9. The van der Waals surface area contributed by atoms with Gasteiger partial charge >= 0.3 is 0 Å². The van der Waals surface area contributed by atoms with E-state index in [0.717, 1.165) is 5.76 Å². The first kappa shape index (κ1) is 14.7. The van der Waals surface area contributed by atoms with E-state index in [1.54, 1.807) is 5.38 Å². The zero-order chi connectivity index (χ0) is 14.5. The van der Waals surface area contributed by atoms with Gasteiger partial charge in [-0.25, -0.2) is 4.98 Å². The number of aromatic nitrogens is 1. The van der Waals surface area contributed by atoms with Crippen LogP contribution in [0.25, 0.3) is 10.8 Å². The van der Waals surface area contributed by atoms with Gasteiger partial charge in [-0.1, -0.05) is 6.92 Å². The predicted octanol–water partition coefficient (Wildman–Crippen LogP) is 2.60. The summed E-state index contributed by atoms with van der Waals surface area (Å²) in [4.78, 5) is 16.1. The second-order valence-electron chi connectivity index (χ2n) is 4.55. The third-order valence-electron chi connectivity index (χ3n) is 2.92. The number of nitrogens with one attached hydrogen (secondary N) is 1. The molecule has 0 aromatic carbocycles. The van der Waals surface area contributed by atoms with Gasteiger partial charge in [0.1, 0.15) is 11.5 Å². The summed E-state index contributed by atoms with van der Waals surface area (Å²) in [5.74, 6) is 1.27. The zero-order valence-electron chi connectivity index (χ0n) is 11.5. The Morgan fingerprint density at radius 1 is 1.55 bits per heavy atom. The average molecular weight is 294 g/mol. The van der Waals surface area contributed by atoms with Crippen molar-refractivity contribution in [1.82, 2.24) is 10.3 Å². The van der Waals surface area contributed by atoms with Crippen LogP contribution in [-0.4, -0.2) is 28.6 Å². The highest BCUT2D eigenvalue weighted by Gasteiger charge is 2.13. The lowest BCUT2D eigenvalue weighted by Crippen LogP contribution is -2.27. The van der Waals surface area contributed by atoms with E-state index >= 15 is 0 Å². The van der Waals surface area contributed by atoms with Crippen LogP contribution in [0.1, 0.15) is 36.0 Å². The first-order valence-electron chi connectivity index (χ1n) is 6.58. The molecule has 0 aliphatic heterocycles. The number of carbonyl (C=O) groups excluding carboxylic acids is 1. The molecule has 5 nitrogen and oxygen atoms in total. The van der Waals surface area contributed by atoms with Crippen molar-refractivity contribution in [3.63, 3.8) is 0 Å². The molecule has 0 aliphatic carbocycles. The molecular weight excluding hydrogens is 276 g/mol. The van der Waals surface area contributed by atoms with Gasteiger partial charge in [-0.15, -0.1) is 11.3 Å². The minimum Gasteiger partial charge on any atom is -0.459 e. The number of furan rings is 1. The number of hydrogen-bond acceptors (Lipinski definition) is 5. The number of hydrogen-bond donors (Lipinski definition) is 2. The lowest BCUT2D eigenvalue weighted by atomic mass is 10.2. The van der Waals surface area contributed by atoms with Crippen LogP contribution in [0.4, 0.5) is 0 Å². The Labute approximate surface area is 121 Å². The predicted molar refractivity (Wildman–Crippen MR) is 77.8 cm³/mol. The number of aliphatic hydroxyl groups excluding tert-OH is 1. The first-order valence-corrected chi connectivity index (χ1v) is 7.46. The van der Waals surface area contributed by atoms with Crippen molar-refractivity contribution in [3.05, 3.63) is 29.0 Å². The molecule has 0 spiro atoms. The monoisotopic (exact) mass is 294 g/mol. The average Bonchev–Trinajstić information content (AvgIpc) is 3.06. The van der Waals surface area contributed by atoms with Crippen LogP contribution in [0.15, 0.2) is 21.9 Å². The Morgan fingerprint density at radius 3 is 3.00 bits per heavy atom. The van der Waals surface area contributed by atoms with Gasteiger partial charge in [0.15, 0.2) is 10.8 Å². The molecule has 2 N–H and O–H groups in total. The molecule has 0 bridgehead atoms. The van der Waals surface area contributed by atoms with E-state index in [0.29, 0.717) is 35.8 Å². The molecule has 2 aromatic rings. The highest BCUT2D eigenvalue weighted by molar-refractivity contribution is 7.13. The normalized spacial score (nSPS) is 12.3. The summed E-state index contributed by atoms with van der Waals surface area (Å²) in [5.41, 5.74) is 0.380. The second-order valence-corrected chi connectivity index (χ2v) is 5.41. The highest BCUT2D eigenvalue weighted by Crippen LogP contribution is 2.25. The van der Waals surface area contributed by atoms with Crippen LogP contribution in [-0.2, 0) is 0 Å². The van der Waals surface area contributed by atoms with Crippen LogP contribution < -0.4 is 5.32 Å². The molecule has 1 atom stereocenters. The molecule has 2 heterocycles. The van der Waals surface area contributed by atoms with E-state index in [9.17, 15) is 9.90 Å². The van der Waals surface area contributed by atoms with Crippen LogP contribution in [0.3, 0.4) is 0 Å². The Kier molecular flexibility index (Phi) is 4.92. The van der Waals surface area contributed by atoms with Crippen molar-refractivity contribution in [2.24, 2.45) is 0 Å². The van der Waals surface area contributed by atoms with Gasteiger partial charge in [-0.3, -0.25) is 4.79 Å². The van der Waals surface area contributed by atoms with Crippen LogP contribution in [0, 0.1) is 6.92 Å². The van der Waals surface area contributed by atoms with Crippen LogP contribution in [0.5, 0.6) is 0 Å². The Morgan fingerprint density at radius 2 is 2.35 bits per heavy atom. The Balaban J connectivity index is 1.93. The van der Waals surface area contributed by atoms with Crippen molar-refractivity contribution in [2.45, 2.75) is 32.8 Å². The van der Waals surface area contributed by atoms with Gasteiger partial charge in [-0.2, -0.15) is 0 Å². The van der Waals surface area contributed by atoms with Crippen LogP contribution in [0.2, 0.25) is 0 Å².